The van der Waals surface area contributed by atoms with Crippen LogP contribution in [0.1, 0.15) is 117 Å². The Morgan fingerprint density at radius 3 is 1.29 bits per heavy atom. The molecule has 5 rings (SSSR count). The van der Waals surface area contributed by atoms with E-state index in [0.717, 1.165) is 0 Å². The molecule has 0 saturated carbocycles. The third kappa shape index (κ3) is 7.67. The average Bonchev–Trinajstić information content (AvgIpc) is 3.73. The second-order valence-electron chi connectivity index (χ2n) is 14.5. The minimum absolute atomic E-state index is 0.431. The molecule has 0 aromatic carbocycles. The molecule has 0 aliphatic heterocycles. The summed E-state index contributed by atoms with van der Waals surface area (Å²) in [6.45, 7) is 4.63. The fourth-order valence-corrected chi connectivity index (χ4v) is 21.9. The summed E-state index contributed by atoms with van der Waals surface area (Å²) in [4.78, 5) is 25.4. The van der Waals surface area contributed by atoms with E-state index in [1.165, 1.54) is 64.2 Å². The molecular weight excluding hydrogens is 798 g/mol. The third-order valence-electron chi connectivity index (χ3n) is 8.69. The Morgan fingerprint density at radius 1 is 0.524 bits per heavy atom. The molecule has 4 aromatic rings. The summed E-state index contributed by atoms with van der Waals surface area (Å²) in [6, 6.07) is 15.4. The van der Waals surface area contributed by atoms with E-state index >= 15 is 0 Å². The summed E-state index contributed by atoms with van der Waals surface area (Å²) in [5, 5.41) is 0. The molecule has 0 radical (unpaired) electrons. The van der Waals surface area contributed by atoms with Crippen molar-refractivity contribution >= 4 is 87.9 Å². The van der Waals surface area contributed by atoms with Gasteiger partial charge < -0.3 is 0 Å². The van der Waals surface area contributed by atoms with Crippen molar-refractivity contribution in [2.24, 2.45) is 0 Å². The van der Waals surface area contributed by atoms with Crippen LogP contribution in [-0.2, 0) is 12.8 Å². The van der Waals surface area contributed by atoms with E-state index < -0.39 is 36.8 Å². The van der Waals surface area contributed by atoms with Crippen molar-refractivity contribution in [2.45, 2.75) is 120 Å². The first-order chi connectivity index (χ1) is 20.0. The van der Waals surface area contributed by atoms with Crippen molar-refractivity contribution in [3.8, 4) is 0 Å². The summed E-state index contributed by atoms with van der Waals surface area (Å²) in [5.74, 6) is 0.861. The van der Waals surface area contributed by atoms with E-state index in [9.17, 15) is 0 Å². The van der Waals surface area contributed by atoms with E-state index in [1.807, 2.05) is 0 Å². The van der Waals surface area contributed by atoms with Crippen LogP contribution in [0.5, 0.6) is 0 Å². The van der Waals surface area contributed by atoms with E-state index in [4.69, 9.17) is 0 Å². The number of aryl methyl sites for hydroxylation is 2. The van der Waals surface area contributed by atoms with Gasteiger partial charge in [-0.05, 0) is 0 Å². The predicted octanol–water partition coefficient (Wildman–Crippen LogP) is 11.9. The van der Waals surface area contributed by atoms with Gasteiger partial charge in [0.2, 0.25) is 0 Å². The Labute approximate surface area is 281 Å². The van der Waals surface area contributed by atoms with Crippen LogP contribution in [-0.4, -0.2) is 36.8 Å². The number of hydrogen-bond donors (Lipinski definition) is 0. The molecule has 228 valence electrons. The van der Waals surface area contributed by atoms with Crippen molar-refractivity contribution in [2.75, 3.05) is 0 Å². The van der Waals surface area contributed by atoms with E-state index in [-0.39, 0.29) is 0 Å². The molecule has 0 amide bonds. The predicted molar refractivity (Wildman–Crippen MR) is 201 cm³/mol. The molecule has 0 fully saturated rings. The van der Waals surface area contributed by atoms with Gasteiger partial charge in [-0.2, -0.15) is 0 Å². The van der Waals surface area contributed by atoms with Crippen molar-refractivity contribution in [1.82, 2.24) is 0 Å². The van der Waals surface area contributed by atoms with Gasteiger partial charge in [-0.25, -0.2) is 0 Å². The zero-order chi connectivity index (χ0) is 30.1. The monoisotopic (exact) mass is 852 g/mol. The molecule has 0 spiro atoms. The van der Waals surface area contributed by atoms with Crippen LogP contribution in [0, 0.1) is 0 Å². The van der Waals surface area contributed by atoms with Gasteiger partial charge in [-0.1, -0.05) is 13.8 Å². The van der Waals surface area contributed by atoms with Crippen LogP contribution in [0.3, 0.4) is 0 Å². The molecule has 0 N–H and O–H groups in total. The molecule has 1 aliphatic rings. The SMILES string of the molecule is CCCCCCc1ccc(C2c3c[c]([Sn]([CH3])([CH3])[CH3])sc3C(c3ccc(CCCCCC)s3)c3c[c]([Sn]([CH3])([CH3])[CH3])sc32)s1. The maximum atomic E-state index is 2.72. The van der Waals surface area contributed by atoms with Crippen molar-refractivity contribution in [3.05, 3.63) is 76.8 Å². The third-order valence-corrected chi connectivity index (χ3v) is 32.4. The van der Waals surface area contributed by atoms with Crippen molar-refractivity contribution < 1.29 is 0 Å². The molecule has 6 heteroatoms. The number of rotatable bonds is 14. The Kier molecular flexibility index (Phi) is 11.6. The first-order valence-electron chi connectivity index (χ1n) is 16.5. The summed E-state index contributed by atoms with van der Waals surface area (Å²) in [7, 11) is 0. The summed E-state index contributed by atoms with van der Waals surface area (Å²) >= 11 is 4.15. The molecule has 4 heterocycles. The number of thiophene rings is 4. The first-order valence-corrected chi connectivity index (χ1v) is 39.7. The van der Waals surface area contributed by atoms with E-state index in [2.05, 4.69) is 125 Å². The topological polar surface area (TPSA) is 0 Å². The normalized spacial score (nSPS) is 17.0. The molecule has 42 heavy (non-hydrogen) atoms. The maximum absolute atomic E-state index is 2.72. The zero-order valence-corrected chi connectivity index (χ0v) is 36.3. The average molecular weight is 851 g/mol. The molecule has 0 nitrogen and oxygen atoms in total. The minimum atomic E-state index is -2.25. The second kappa shape index (κ2) is 14.4. The molecule has 0 bridgehead atoms. The fraction of sp³-hybridized carbons (Fsp3) is 0.556. The number of fused-ring (bicyclic) bond motifs is 2. The molecule has 4 aromatic heterocycles. The van der Waals surface area contributed by atoms with Crippen LogP contribution in [0.25, 0.3) is 0 Å². The zero-order valence-electron chi connectivity index (χ0n) is 27.3. The molecule has 2 unspecified atom stereocenters. The van der Waals surface area contributed by atoms with Crippen LogP contribution < -0.4 is 5.79 Å². The second-order valence-corrected chi connectivity index (χ2v) is 49.9. The standard InChI is InChI=1S/C30H34S4.6CH3.2Sn/c1-3-5-7-9-11-21-13-15-25(33-21)27-23-17-19-32-30(23)28(24-18-20-31-29(24)27)26-16-14-22(34-26)12-10-8-6-4-2;;;;;;;;/h13-18,27-28H,3-12H2,1-2H3;6*1H3;;. The molecule has 0 saturated heterocycles. The van der Waals surface area contributed by atoms with Gasteiger partial charge in [0.25, 0.3) is 0 Å². The van der Waals surface area contributed by atoms with Gasteiger partial charge in [0.05, 0.1) is 0 Å². The van der Waals surface area contributed by atoms with Crippen LogP contribution in [0.4, 0.5) is 0 Å². The van der Waals surface area contributed by atoms with E-state index in [0.29, 0.717) is 11.8 Å². The van der Waals surface area contributed by atoms with E-state index in [1.54, 1.807) is 46.2 Å². The van der Waals surface area contributed by atoms with Crippen LogP contribution in [0.2, 0.25) is 29.6 Å². The fourth-order valence-electron chi connectivity index (χ4n) is 6.15. The van der Waals surface area contributed by atoms with Gasteiger partial charge in [0.15, 0.2) is 0 Å². The number of unbranched alkanes of at least 4 members (excludes halogenated alkanes) is 6. The summed E-state index contributed by atoms with van der Waals surface area (Å²) in [6.07, 6.45) is 13.2. The Morgan fingerprint density at radius 2 is 0.929 bits per heavy atom. The Bertz CT molecular complexity index is 1300. The van der Waals surface area contributed by atoms with Crippen LogP contribution >= 0.6 is 45.3 Å². The summed E-state index contributed by atoms with van der Waals surface area (Å²) < 4.78 is 3.50. The molecule has 2 atom stereocenters. The number of hydrogen-bond acceptors (Lipinski definition) is 4. The first kappa shape index (κ1) is 33.8. The molecular formula is C36H52S4Sn2. The van der Waals surface area contributed by atoms with Gasteiger partial charge >= 0.3 is 270 Å². The Hall–Kier alpha value is 0.397. The van der Waals surface area contributed by atoms with Gasteiger partial charge in [0, 0.05) is 0 Å². The van der Waals surface area contributed by atoms with Gasteiger partial charge in [-0.3, -0.25) is 0 Å². The quantitative estimate of drug-likeness (QED) is 0.0771. The van der Waals surface area contributed by atoms with Crippen LogP contribution in [0.15, 0.2) is 36.4 Å². The van der Waals surface area contributed by atoms with Crippen molar-refractivity contribution in [3.63, 3.8) is 0 Å². The van der Waals surface area contributed by atoms with Crippen molar-refractivity contribution in [1.29, 1.82) is 0 Å². The van der Waals surface area contributed by atoms with Gasteiger partial charge in [-0.15, -0.1) is 0 Å². The summed E-state index contributed by atoms with van der Waals surface area (Å²) in [5.41, 5.74) is 3.32. The van der Waals surface area contributed by atoms with Gasteiger partial charge in [0.1, 0.15) is 0 Å². The Balaban J connectivity index is 1.59. The molecule has 1 aliphatic carbocycles.